The molecule has 2 bridgehead atoms. The third-order valence-electron chi connectivity index (χ3n) is 3.41. The SMILES string of the molecule is CCOC(=O)C(O)=C1CC23CC2C1O3. The molecular weight excluding hydrogens is 184 g/mol. The van der Waals surface area contributed by atoms with E-state index in [9.17, 15) is 9.90 Å². The molecule has 3 unspecified atom stereocenters. The number of hydrogen-bond donors (Lipinski definition) is 1. The fourth-order valence-electron chi connectivity index (χ4n) is 2.63. The summed E-state index contributed by atoms with van der Waals surface area (Å²) in [5.41, 5.74) is 0.764. The van der Waals surface area contributed by atoms with E-state index in [1.807, 2.05) is 0 Å². The zero-order chi connectivity index (χ0) is 9.92. The van der Waals surface area contributed by atoms with Gasteiger partial charge < -0.3 is 14.6 Å². The van der Waals surface area contributed by atoms with Crippen LogP contribution in [0.1, 0.15) is 19.8 Å². The van der Waals surface area contributed by atoms with E-state index in [-0.39, 0.29) is 24.1 Å². The van der Waals surface area contributed by atoms with Crippen molar-refractivity contribution in [3.05, 3.63) is 11.3 Å². The molecule has 0 amide bonds. The quantitative estimate of drug-likeness (QED) is 0.405. The Balaban J connectivity index is 1.81. The first-order valence-electron chi connectivity index (χ1n) is 4.95. The monoisotopic (exact) mass is 196 g/mol. The maximum absolute atomic E-state index is 11.2. The van der Waals surface area contributed by atoms with Crippen molar-refractivity contribution >= 4 is 5.97 Å². The highest BCUT2D eigenvalue weighted by molar-refractivity contribution is 5.87. The van der Waals surface area contributed by atoms with Crippen LogP contribution in [0.4, 0.5) is 0 Å². The van der Waals surface area contributed by atoms with Gasteiger partial charge in [0.05, 0.1) is 18.3 Å². The van der Waals surface area contributed by atoms with Crippen LogP contribution in [0.15, 0.2) is 11.3 Å². The molecule has 0 aromatic carbocycles. The van der Waals surface area contributed by atoms with Crippen molar-refractivity contribution in [3.63, 3.8) is 0 Å². The lowest BCUT2D eigenvalue weighted by atomic mass is 10.1. The van der Waals surface area contributed by atoms with Crippen LogP contribution >= 0.6 is 0 Å². The third-order valence-corrected chi connectivity index (χ3v) is 3.41. The largest absolute Gasteiger partial charge is 0.502 e. The molecule has 1 N–H and O–H groups in total. The summed E-state index contributed by atoms with van der Waals surface area (Å²) in [6.07, 6.45) is 1.81. The Bertz CT molecular complexity index is 346. The first-order valence-corrected chi connectivity index (χ1v) is 4.95. The molecule has 2 aliphatic heterocycles. The standard InChI is InChI=1S/C10H12O4/c1-2-13-9(12)7(11)5-3-10-4-6(10)8(5)14-10/h6,8,11H,2-4H2,1H3. The van der Waals surface area contributed by atoms with Crippen LogP contribution in [-0.2, 0) is 14.3 Å². The number of hydrogen-bond acceptors (Lipinski definition) is 4. The fourth-order valence-corrected chi connectivity index (χ4v) is 2.63. The molecule has 76 valence electrons. The second kappa shape index (κ2) is 2.31. The van der Waals surface area contributed by atoms with Crippen molar-refractivity contribution in [2.24, 2.45) is 5.92 Å². The lowest BCUT2D eigenvalue weighted by Crippen LogP contribution is -2.29. The minimum Gasteiger partial charge on any atom is -0.502 e. The number of ether oxygens (including phenoxy) is 2. The minimum absolute atomic E-state index is 0.000550. The maximum atomic E-state index is 11.2. The molecule has 4 nitrogen and oxygen atoms in total. The summed E-state index contributed by atoms with van der Waals surface area (Å²) in [5.74, 6) is -0.274. The van der Waals surface area contributed by atoms with E-state index in [0.29, 0.717) is 12.3 Å². The minimum atomic E-state index is -0.616. The van der Waals surface area contributed by atoms with Gasteiger partial charge in [0, 0.05) is 17.9 Å². The van der Waals surface area contributed by atoms with Gasteiger partial charge in [0.25, 0.3) is 0 Å². The summed E-state index contributed by atoms with van der Waals surface area (Å²) in [6, 6.07) is 0. The summed E-state index contributed by atoms with van der Waals surface area (Å²) >= 11 is 0. The van der Waals surface area contributed by atoms with E-state index in [2.05, 4.69) is 0 Å². The molecule has 4 aliphatic rings. The summed E-state index contributed by atoms with van der Waals surface area (Å²) < 4.78 is 10.3. The van der Waals surface area contributed by atoms with Crippen molar-refractivity contribution in [2.45, 2.75) is 31.5 Å². The smallest absolute Gasteiger partial charge is 0.373 e. The summed E-state index contributed by atoms with van der Waals surface area (Å²) in [7, 11) is 0. The average Bonchev–Trinajstić information content (AvgIpc) is 2.51. The average molecular weight is 196 g/mol. The van der Waals surface area contributed by atoms with Gasteiger partial charge in [-0.3, -0.25) is 0 Å². The molecule has 2 heterocycles. The highest BCUT2D eigenvalue weighted by atomic mass is 16.6. The first-order chi connectivity index (χ1) is 6.68. The van der Waals surface area contributed by atoms with Gasteiger partial charge in [-0.25, -0.2) is 4.79 Å². The predicted octanol–water partition coefficient (Wildman–Crippen LogP) is 0.923. The summed E-state index contributed by atoms with van der Waals surface area (Å²) in [5, 5.41) is 9.61. The Morgan fingerprint density at radius 3 is 3.07 bits per heavy atom. The topological polar surface area (TPSA) is 55.8 Å². The zero-order valence-electron chi connectivity index (χ0n) is 7.95. The number of aliphatic hydroxyl groups excluding tert-OH is 1. The van der Waals surface area contributed by atoms with Crippen LogP contribution in [0.5, 0.6) is 0 Å². The highest BCUT2D eigenvalue weighted by Gasteiger charge is 2.76. The predicted molar refractivity (Wildman–Crippen MR) is 46.6 cm³/mol. The van der Waals surface area contributed by atoms with Crippen LogP contribution in [0, 0.1) is 5.92 Å². The molecule has 3 atom stereocenters. The van der Waals surface area contributed by atoms with Crippen molar-refractivity contribution in [1.29, 1.82) is 0 Å². The van der Waals surface area contributed by atoms with Gasteiger partial charge >= 0.3 is 5.97 Å². The van der Waals surface area contributed by atoms with Crippen molar-refractivity contribution < 1.29 is 19.4 Å². The lowest BCUT2D eigenvalue weighted by molar-refractivity contribution is -0.141. The lowest BCUT2D eigenvalue weighted by Gasteiger charge is -2.22. The van der Waals surface area contributed by atoms with Crippen LogP contribution in [0.25, 0.3) is 0 Å². The van der Waals surface area contributed by atoms with Crippen LogP contribution in [-0.4, -0.2) is 29.4 Å². The zero-order valence-corrected chi connectivity index (χ0v) is 7.95. The molecule has 0 aromatic rings. The Morgan fingerprint density at radius 1 is 1.79 bits per heavy atom. The van der Waals surface area contributed by atoms with Gasteiger partial charge in [0.1, 0.15) is 0 Å². The van der Waals surface area contributed by atoms with E-state index < -0.39 is 5.97 Å². The van der Waals surface area contributed by atoms with Gasteiger partial charge in [-0.15, -0.1) is 0 Å². The van der Waals surface area contributed by atoms with Crippen LogP contribution < -0.4 is 0 Å². The number of carbonyl (C=O) groups is 1. The molecule has 4 heteroatoms. The summed E-state index contributed by atoms with van der Waals surface area (Å²) in [4.78, 5) is 11.2. The number of aliphatic hydroxyl groups is 1. The molecule has 0 radical (unpaired) electrons. The molecular formula is C10H12O4. The molecule has 4 rings (SSSR count). The van der Waals surface area contributed by atoms with Crippen LogP contribution in [0.2, 0.25) is 0 Å². The molecule has 14 heavy (non-hydrogen) atoms. The number of esters is 1. The Labute approximate surface area is 81.5 Å². The van der Waals surface area contributed by atoms with E-state index in [1.54, 1.807) is 6.92 Å². The third kappa shape index (κ3) is 0.798. The Morgan fingerprint density at radius 2 is 2.57 bits per heavy atom. The molecule has 2 saturated carbocycles. The van der Waals surface area contributed by atoms with Crippen molar-refractivity contribution in [2.75, 3.05) is 6.61 Å². The number of carbonyl (C=O) groups excluding carboxylic acids is 1. The second-order valence-corrected chi connectivity index (χ2v) is 4.18. The Kier molecular flexibility index (Phi) is 1.37. The van der Waals surface area contributed by atoms with Gasteiger partial charge in [0.2, 0.25) is 5.76 Å². The molecule has 2 saturated heterocycles. The van der Waals surface area contributed by atoms with Gasteiger partial charge in [-0.2, -0.15) is 0 Å². The van der Waals surface area contributed by atoms with E-state index in [0.717, 1.165) is 12.0 Å². The first kappa shape index (κ1) is 8.29. The fraction of sp³-hybridized carbons (Fsp3) is 0.700. The van der Waals surface area contributed by atoms with Gasteiger partial charge in [-0.1, -0.05) is 0 Å². The van der Waals surface area contributed by atoms with E-state index in [1.165, 1.54) is 0 Å². The van der Waals surface area contributed by atoms with Crippen LogP contribution in [0.3, 0.4) is 0 Å². The molecule has 4 fully saturated rings. The van der Waals surface area contributed by atoms with E-state index >= 15 is 0 Å². The normalized spacial score (nSPS) is 45.2. The number of fused-ring (bicyclic) bond motifs is 1. The maximum Gasteiger partial charge on any atom is 0.373 e. The highest BCUT2D eigenvalue weighted by Crippen LogP contribution is 2.71. The molecule has 0 aromatic heterocycles. The van der Waals surface area contributed by atoms with Crippen molar-refractivity contribution in [3.8, 4) is 0 Å². The molecule has 2 aliphatic carbocycles. The number of rotatable bonds is 2. The second-order valence-electron chi connectivity index (χ2n) is 4.18. The molecule has 1 spiro atoms. The van der Waals surface area contributed by atoms with Gasteiger partial charge in [0.15, 0.2) is 0 Å². The summed E-state index contributed by atoms with van der Waals surface area (Å²) in [6.45, 7) is 2.01. The Hall–Kier alpha value is -1.03. The van der Waals surface area contributed by atoms with Gasteiger partial charge in [-0.05, 0) is 13.3 Å². The van der Waals surface area contributed by atoms with Crippen molar-refractivity contribution in [1.82, 2.24) is 0 Å². The van der Waals surface area contributed by atoms with E-state index in [4.69, 9.17) is 9.47 Å².